The summed E-state index contributed by atoms with van der Waals surface area (Å²) in [4.78, 5) is 0. The van der Waals surface area contributed by atoms with Gasteiger partial charge in [-0.3, -0.25) is 0 Å². The van der Waals surface area contributed by atoms with Crippen molar-refractivity contribution in [3.05, 3.63) is 0 Å². The summed E-state index contributed by atoms with van der Waals surface area (Å²) in [7, 11) is 2.87. The van der Waals surface area contributed by atoms with Gasteiger partial charge in [-0.05, 0) is 19.9 Å². The first-order chi connectivity index (χ1) is 8.91. The Morgan fingerprint density at radius 1 is 0.722 bits per heavy atom. The van der Waals surface area contributed by atoms with Gasteiger partial charge >= 0.3 is 0 Å². The summed E-state index contributed by atoms with van der Waals surface area (Å²) in [6, 6.07) is 0. The second-order valence-corrected chi connectivity index (χ2v) is 4.86. The number of likely N-dealkylation sites (N-methyl/N-ethyl adjacent to an activating group) is 1. The van der Waals surface area contributed by atoms with Crippen LogP contribution in [0.2, 0.25) is 0 Å². The van der Waals surface area contributed by atoms with Crippen LogP contribution in [0.5, 0.6) is 0 Å². The molecular weight excluding hydrogens is 253 g/mol. The van der Waals surface area contributed by atoms with Gasteiger partial charge in [-0.1, -0.05) is 0 Å². The van der Waals surface area contributed by atoms with Crippen molar-refractivity contribution in [2.45, 2.75) is 0 Å². The summed E-state index contributed by atoms with van der Waals surface area (Å²) in [5, 5.41) is 3.01. The van der Waals surface area contributed by atoms with Crippen LogP contribution in [0.1, 0.15) is 0 Å². The van der Waals surface area contributed by atoms with Crippen LogP contribution in [0.4, 0.5) is 0 Å². The minimum Gasteiger partial charge on any atom is -0.379 e. The fourth-order valence-corrected chi connectivity index (χ4v) is 1.46. The van der Waals surface area contributed by atoms with Crippen LogP contribution >= 0.6 is 8.58 Å². The molecule has 0 amide bonds. The summed E-state index contributed by atoms with van der Waals surface area (Å²) < 4.78 is 21.4. The van der Waals surface area contributed by atoms with Crippen LogP contribution < -0.4 is 5.32 Å². The molecule has 0 rings (SSSR count). The lowest BCUT2D eigenvalue weighted by molar-refractivity contribution is 0.000228. The summed E-state index contributed by atoms with van der Waals surface area (Å²) in [6.07, 6.45) is 1.15. The molecule has 18 heavy (non-hydrogen) atoms. The van der Waals surface area contributed by atoms with E-state index >= 15 is 0 Å². The van der Waals surface area contributed by atoms with Gasteiger partial charge in [0.2, 0.25) is 0 Å². The normalized spacial score (nSPS) is 11.7. The van der Waals surface area contributed by atoms with Gasteiger partial charge in [0, 0.05) is 6.54 Å². The topological polar surface area (TPSA) is 49.0 Å². The molecule has 1 N–H and O–H groups in total. The molecule has 6 heteroatoms. The molecule has 0 fully saturated rings. The highest BCUT2D eigenvalue weighted by Crippen LogP contribution is 1.99. The highest BCUT2D eigenvalue weighted by molar-refractivity contribution is 7.37. The Balaban J connectivity index is 2.86. The van der Waals surface area contributed by atoms with Crippen LogP contribution in [0.25, 0.3) is 0 Å². The number of rotatable bonds is 15. The van der Waals surface area contributed by atoms with Gasteiger partial charge in [0.05, 0.1) is 52.9 Å². The highest BCUT2D eigenvalue weighted by Gasteiger charge is 1.92. The molecular formula is C12H28NO4P. The molecule has 0 radical (unpaired) electrons. The Morgan fingerprint density at radius 3 is 1.61 bits per heavy atom. The average molecular weight is 281 g/mol. The first-order valence-electron chi connectivity index (χ1n) is 6.52. The Labute approximate surface area is 113 Å². The van der Waals surface area contributed by atoms with Crippen molar-refractivity contribution in [2.24, 2.45) is 0 Å². The van der Waals surface area contributed by atoms with Crippen molar-refractivity contribution in [1.82, 2.24) is 5.32 Å². The van der Waals surface area contributed by atoms with Gasteiger partial charge in [-0.25, -0.2) is 0 Å². The monoisotopic (exact) mass is 281 g/mol. The fourth-order valence-electron chi connectivity index (χ4n) is 1.11. The van der Waals surface area contributed by atoms with Crippen molar-refractivity contribution < 1.29 is 18.9 Å². The number of hydrogen-bond acceptors (Lipinski definition) is 5. The molecule has 0 aromatic rings. The van der Waals surface area contributed by atoms with Crippen LogP contribution in [0.3, 0.4) is 0 Å². The summed E-state index contributed by atoms with van der Waals surface area (Å²) in [6.45, 7) is 8.46. The quantitative estimate of drug-likeness (QED) is 0.351. The number of hydrogen-bond donors (Lipinski definition) is 1. The predicted molar refractivity (Wildman–Crippen MR) is 76.3 cm³/mol. The van der Waals surface area contributed by atoms with Crippen molar-refractivity contribution >= 4 is 8.58 Å². The van der Waals surface area contributed by atoms with Crippen molar-refractivity contribution in [2.75, 3.05) is 79.3 Å². The fraction of sp³-hybridized carbons (Fsp3) is 1.00. The van der Waals surface area contributed by atoms with Crippen molar-refractivity contribution in [3.63, 3.8) is 0 Å². The predicted octanol–water partition coefficient (Wildman–Crippen LogP) is 0.581. The van der Waals surface area contributed by atoms with E-state index < -0.39 is 0 Å². The Kier molecular flexibility index (Phi) is 17.5. The van der Waals surface area contributed by atoms with E-state index in [1.54, 1.807) is 0 Å². The molecule has 0 bridgehead atoms. The molecule has 0 aliphatic rings. The molecule has 0 spiro atoms. The maximum Gasteiger partial charge on any atom is 0.0701 e. The highest BCUT2D eigenvalue weighted by atomic mass is 31.1. The third-order valence-electron chi connectivity index (χ3n) is 2.11. The minimum atomic E-state index is 0.617. The van der Waals surface area contributed by atoms with Crippen LogP contribution in [-0.2, 0) is 18.9 Å². The second kappa shape index (κ2) is 17.2. The van der Waals surface area contributed by atoms with Crippen LogP contribution in [-0.4, -0.2) is 79.3 Å². The first-order valence-corrected chi connectivity index (χ1v) is 8.22. The van der Waals surface area contributed by atoms with Gasteiger partial charge in [0.1, 0.15) is 0 Å². The SMILES string of the molecule is CNCCOCCOCCOCCOCCPC. The molecule has 0 aliphatic carbocycles. The van der Waals surface area contributed by atoms with Crippen LogP contribution in [0, 0.1) is 0 Å². The van der Waals surface area contributed by atoms with E-state index in [1.165, 1.54) is 0 Å². The first kappa shape index (κ1) is 18.2. The summed E-state index contributed by atoms with van der Waals surface area (Å²) in [5.41, 5.74) is 0. The molecule has 5 nitrogen and oxygen atoms in total. The van der Waals surface area contributed by atoms with Gasteiger partial charge in [0.25, 0.3) is 0 Å². The largest absolute Gasteiger partial charge is 0.379 e. The second-order valence-electron chi connectivity index (χ2n) is 3.66. The van der Waals surface area contributed by atoms with Crippen LogP contribution in [0.15, 0.2) is 0 Å². The van der Waals surface area contributed by atoms with E-state index in [0.29, 0.717) is 39.6 Å². The smallest absolute Gasteiger partial charge is 0.0701 e. The molecule has 0 saturated carbocycles. The third-order valence-corrected chi connectivity index (χ3v) is 2.81. The molecule has 0 saturated heterocycles. The zero-order valence-corrected chi connectivity index (χ0v) is 12.7. The maximum atomic E-state index is 5.37. The molecule has 0 aromatic heterocycles. The summed E-state index contributed by atoms with van der Waals surface area (Å²) >= 11 is 0. The molecule has 1 unspecified atom stereocenters. The Bertz CT molecular complexity index is 136. The zero-order chi connectivity index (χ0) is 13.3. The third kappa shape index (κ3) is 16.2. The average Bonchev–Trinajstić information content (AvgIpc) is 2.39. The van der Waals surface area contributed by atoms with Gasteiger partial charge in [-0.2, -0.15) is 0 Å². The maximum absolute atomic E-state index is 5.37. The zero-order valence-electron chi connectivity index (χ0n) is 11.7. The van der Waals surface area contributed by atoms with E-state index in [1.807, 2.05) is 7.05 Å². The Hall–Kier alpha value is 0.230. The number of nitrogens with one attached hydrogen (secondary N) is 1. The Morgan fingerprint density at radius 2 is 1.17 bits per heavy atom. The minimum absolute atomic E-state index is 0.617. The van der Waals surface area contributed by atoms with Gasteiger partial charge in [0.15, 0.2) is 0 Å². The standard InChI is InChI=1S/C12H28NO4P/c1-13-3-4-14-5-6-15-7-8-16-9-10-17-11-12-18-2/h13,18H,3-12H2,1-2H3. The molecule has 110 valence electrons. The molecule has 0 aliphatic heterocycles. The van der Waals surface area contributed by atoms with E-state index in [0.717, 1.165) is 34.5 Å². The van der Waals surface area contributed by atoms with E-state index in [-0.39, 0.29) is 0 Å². The molecule has 1 atom stereocenters. The van der Waals surface area contributed by atoms with Gasteiger partial charge in [-0.15, -0.1) is 8.58 Å². The summed E-state index contributed by atoms with van der Waals surface area (Å²) in [5.74, 6) is 0. The van der Waals surface area contributed by atoms with E-state index in [2.05, 4.69) is 12.0 Å². The van der Waals surface area contributed by atoms with Crippen molar-refractivity contribution in [1.29, 1.82) is 0 Å². The van der Waals surface area contributed by atoms with E-state index in [9.17, 15) is 0 Å². The van der Waals surface area contributed by atoms with E-state index in [4.69, 9.17) is 18.9 Å². The number of ether oxygens (including phenoxy) is 4. The lowest BCUT2D eigenvalue weighted by atomic mass is 10.6. The lowest BCUT2D eigenvalue weighted by Crippen LogP contribution is -2.17. The molecule has 0 aromatic carbocycles. The lowest BCUT2D eigenvalue weighted by Gasteiger charge is -2.07. The van der Waals surface area contributed by atoms with Crippen molar-refractivity contribution in [3.8, 4) is 0 Å². The molecule has 0 heterocycles. The van der Waals surface area contributed by atoms with Gasteiger partial charge < -0.3 is 24.3 Å².